The van der Waals surface area contributed by atoms with Crippen LogP contribution >= 0.6 is 0 Å². The van der Waals surface area contributed by atoms with Crippen molar-refractivity contribution in [3.8, 4) is 0 Å². The standard InChI is InChI=1S/C40H31NO2/c1-3-11-26(12-4-1)31-17-9-18-32-33-19-10-20-35(40(33)43-39(31)32)41(28-14-5-2-6-15-28)29-22-24-36-34(25-29)38-30-16-8-7-13-27(30)21-23-37(38)42-36/h2,5-10,13-26H,1,3-4,11-12H2. The average Bonchev–Trinajstić information content (AvgIpc) is 3.65. The van der Waals surface area contributed by atoms with Gasteiger partial charge in [0.1, 0.15) is 16.7 Å². The van der Waals surface area contributed by atoms with Crippen LogP contribution < -0.4 is 4.90 Å². The van der Waals surface area contributed by atoms with Crippen molar-refractivity contribution in [3.63, 3.8) is 0 Å². The highest BCUT2D eigenvalue weighted by Crippen LogP contribution is 2.46. The third-order valence-electron chi connectivity index (χ3n) is 9.44. The Morgan fingerprint density at radius 3 is 2.14 bits per heavy atom. The molecular weight excluding hydrogens is 526 g/mol. The molecule has 2 heterocycles. The van der Waals surface area contributed by atoms with Gasteiger partial charge in [-0.2, -0.15) is 0 Å². The minimum Gasteiger partial charge on any atom is -0.456 e. The van der Waals surface area contributed by atoms with Crippen molar-refractivity contribution in [2.45, 2.75) is 38.0 Å². The molecule has 0 saturated heterocycles. The number of furan rings is 2. The van der Waals surface area contributed by atoms with Crippen LogP contribution in [0.25, 0.3) is 54.6 Å². The van der Waals surface area contributed by atoms with E-state index >= 15 is 0 Å². The van der Waals surface area contributed by atoms with E-state index in [0.717, 1.165) is 55.6 Å². The maximum atomic E-state index is 6.93. The van der Waals surface area contributed by atoms with Crippen LogP contribution in [0.4, 0.5) is 17.1 Å². The second-order valence-corrected chi connectivity index (χ2v) is 11.9. The van der Waals surface area contributed by atoms with Gasteiger partial charge < -0.3 is 13.7 Å². The van der Waals surface area contributed by atoms with Gasteiger partial charge in [-0.25, -0.2) is 0 Å². The first-order chi connectivity index (χ1) is 21.3. The summed E-state index contributed by atoms with van der Waals surface area (Å²) in [6.45, 7) is 0. The van der Waals surface area contributed by atoms with Gasteiger partial charge in [-0.3, -0.25) is 0 Å². The zero-order valence-corrected chi connectivity index (χ0v) is 23.9. The summed E-state index contributed by atoms with van der Waals surface area (Å²) >= 11 is 0. The smallest absolute Gasteiger partial charge is 0.159 e. The van der Waals surface area contributed by atoms with Crippen molar-refractivity contribution in [1.82, 2.24) is 0 Å². The average molecular weight is 558 g/mol. The van der Waals surface area contributed by atoms with Gasteiger partial charge in [0.05, 0.1) is 5.69 Å². The number of anilines is 3. The summed E-state index contributed by atoms with van der Waals surface area (Å²) in [5, 5.41) is 7.05. The molecule has 3 nitrogen and oxygen atoms in total. The topological polar surface area (TPSA) is 29.5 Å². The quantitative estimate of drug-likeness (QED) is 0.215. The highest BCUT2D eigenvalue weighted by atomic mass is 16.3. The molecule has 8 aromatic rings. The maximum Gasteiger partial charge on any atom is 0.159 e. The zero-order chi connectivity index (χ0) is 28.3. The number of hydrogen-bond acceptors (Lipinski definition) is 3. The van der Waals surface area contributed by atoms with Gasteiger partial charge in [0.2, 0.25) is 0 Å². The summed E-state index contributed by atoms with van der Waals surface area (Å²) in [4.78, 5) is 2.33. The Morgan fingerprint density at radius 2 is 1.26 bits per heavy atom. The molecule has 0 amide bonds. The molecule has 0 radical (unpaired) electrons. The van der Waals surface area contributed by atoms with Crippen LogP contribution in [-0.2, 0) is 0 Å². The molecule has 1 aliphatic carbocycles. The van der Waals surface area contributed by atoms with E-state index in [4.69, 9.17) is 8.83 Å². The normalized spacial score (nSPS) is 14.4. The van der Waals surface area contributed by atoms with Crippen LogP contribution in [-0.4, -0.2) is 0 Å². The number of rotatable bonds is 4. The predicted molar refractivity (Wildman–Crippen MR) is 179 cm³/mol. The molecule has 0 spiro atoms. The van der Waals surface area contributed by atoms with Crippen molar-refractivity contribution < 1.29 is 8.83 Å². The van der Waals surface area contributed by atoms with Gasteiger partial charge in [0.25, 0.3) is 0 Å². The van der Waals surface area contributed by atoms with Crippen LogP contribution in [0.2, 0.25) is 0 Å². The molecule has 43 heavy (non-hydrogen) atoms. The van der Waals surface area contributed by atoms with Crippen molar-refractivity contribution in [3.05, 3.63) is 127 Å². The Balaban J connectivity index is 1.29. The fourth-order valence-corrected chi connectivity index (χ4v) is 7.42. The molecular formula is C40H31NO2. The fourth-order valence-electron chi connectivity index (χ4n) is 7.42. The molecule has 0 aliphatic heterocycles. The molecule has 3 heteroatoms. The minimum absolute atomic E-state index is 0.568. The first-order valence-electron chi connectivity index (χ1n) is 15.5. The maximum absolute atomic E-state index is 6.93. The molecule has 0 atom stereocenters. The zero-order valence-electron chi connectivity index (χ0n) is 23.9. The highest BCUT2D eigenvalue weighted by Gasteiger charge is 2.24. The summed E-state index contributed by atoms with van der Waals surface area (Å²) in [6.07, 6.45) is 6.43. The van der Waals surface area contributed by atoms with Gasteiger partial charge in [0.15, 0.2) is 5.58 Å². The van der Waals surface area contributed by atoms with E-state index in [2.05, 4.69) is 126 Å². The van der Waals surface area contributed by atoms with E-state index in [1.807, 2.05) is 0 Å². The van der Waals surface area contributed by atoms with Gasteiger partial charge in [0, 0.05) is 32.9 Å². The molecule has 6 aromatic carbocycles. The fraction of sp³-hybridized carbons (Fsp3) is 0.150. The Kier molecular flexibility index (Phi) is 5.59. The molecule has 2 aromatic heterocycles. The lowest BCUT2D eigenvalue weighted by molar-refractivity contribution is 0.442. The SMILES string of the molecule is c1ccc(N(c2ccc3oc4ccc5ccccc5c4c3c2)c2cccc3c2oc2c(C4CCCCC4)cccc23)cc1. The van der Waals surface area contributed by atoms with Crippen LogP contribution in [0.1, 0.15) is 43.6 Å². The Hall–Kier alpha value is -5.02. The minimum atomic E-state index is 0.568. The Bertz CT molecular complexity index is 2290. The number of hydrogen-bond donors (Lipinski definition) is 0. The van der Waals surface area contributed by atoms with Crippen molar-refractivity contribution in [1.29, 1.82) is 0 Å². The summed E-state index contributed by atoms with van der Waals surface area (Å²) < 4.78 is 13.3. The van der Waals surface area contributed by atoms with Crippen molar-refractivity contribution in [2.24, 2.45) is 0 Å². The molecule has 208 valence electrons. The predicted octanol–water partition coefficient (Wildman–Crippen LogP) is 12.2. The Morgan fingerprint density at radius 1 is 0.512 bits per heavy atom. The van der Waals surface area contributed by atoms with Gasteiger partial charge in [-0.1, -0.05) is 98.1 Å². The lowest BCUT2D eigenvalue weighted by atomic mass is 9.83. The van der Waals surface area contributed by atoms with Crippen LogP contribution in [0.15, 0.2) is 130 Å². The monoisotopic (exact) mass is 557 g/mol. The largest absolute Gasteiger partial charge is 0.456 e. The third-order valence-corrected chi connectivity index (χ3v) is 9.44. The van der Waals surface area contributed by atoms with Gasteiger partial charge in [-0.05, 0) is 77.6 Å². The van der Waals surface area contributed by atoms with E-state index in [1.165, 1.54) is 53.8 Å². The highest BCUT2D eigenvalue weighted by molar-refractivity contribution is 6.19. The lowest BCUT2D eigenvalue weighted by Gasteiger charge is -2.25. The summed E-state index contributed by atoms with van der Waals surface area (Å²) in [5.74, 6) is 0.568. The summed E-state index contributed by atoms with van der Waals surface area (Å²) in [6, 6.07) is 43.2. The van der Waals surface area contributed by atoms with E-state index in [0.29, 0.717) is 5.92 Å². The van der Waals surface area contributed by atoms with Crippen molar-refractivity contribution >= 4 is 71.7 Å². The second kappa shape index (κ2) is 9.78. The van der Waals surface area contributed by atoms with Crippen LogP contribution in [0, 0.1) is 0 Å². The number of nitrogens with zero attached hydrogens (tertiary/aromatic N) is 1. The van der Waals surface area contributed by atoms with E-state index in [-0.39, 0.29) is 0 Å². The number of para-hydroxylation sites is 3. The van der Waals surface area contributed by atoms with E-state index in [9.17, 15) is 0 Å². The summed E-state index contributed by atoms with van der Waals surface area (Å²) in [7, 11) is 0. The van der Waals surface area contributed by atoms with Crippen LogP contribution in [0.5, 0.6) is 0 Å². The summed E-state index contributed by atoms with van der Waals surface area (Å²) in [5.41, 5.74) is 8.32. The Labute approximate surface area is 249 Å². The van der Waals surface area contributed by atoms with Crippen molar-refractivity contribution in [2.75, 3.05) is 4.90 Å². The number of benzene rings is 6. The molecule has 9 rings (SSSR count). The van der Waals surface area contributed by atoms with E-state index < -0.39 is 0 Å². The molecule has 0 unspecified atom stereocenters. The molecule has 0 bridgehead atoms. The van der Waals surface area contributed by atoms with Gasteiger partial charge in [-0.15, -0.1) is 0 Å². The van der Waals surface area contributed by atoms with Gasteiger partial charge >= 0.3 is 0 Å². The molecule has 0 N–H and O–H groups in total. The second-order valence-electron chi connectivity index (χ2n) is 11.9. The van der Waals surface area contributed by atoms with E-state index in [1.54, 1.807) is 0 Å². The molecule has 1 fully saturated rings. The lowest BCUT2D eigenvalue weighted by Crippen LogP contribution is -2.10. The first-order valence-corrected chi connectivity index (χ1v) is 15.5. The molecule has 1 saturated carbocycles. The molecule has 1 aliphatic rings. The third kappa shape index (κ3) is 3.88. The first kappa shape index (κ1) is 24.6. The van der Waals surface area contributed by atoms with Crippen LogP contribution in [0.3, 0.4) is 0 Å². The number of fused-ring (bicyclic) bond motifs is 8.